The third-order valence-electron chi connectivity index (χ3n) is 11.2. The number of aliphatic carboxylic acids is 7. The number of carbonyl (C=O) groups excluding carboxylic acids is 6. The second-order valence-electron chi connectivity index (χ2n) is 17.1. The summed E-state index contributed by atoms with van der Waals surface area (Å²) in [4.78, 5) is 176. The van der Waals surface area contributed by atoms with E-state index >= 15 is 0 Å². The first-order chi connectivity index (χ1) is 36.2. The Labute approximate surface area is 433 Å². The molecule has 0 bridgehead atoms. The van der Waals surface area contributed by atoms with E-state index in [4.69, 9.17) is 10.8 Å². The van der Waals surface area contributed by atoms with E-state index in [-0.39, 0.29) is 23.2 Å². The Bertz CT molecular complexity index is 2610. The highest BCUT2D eigenvalue weighted by Crippen LogP contribution is 2.20. The zero-order valence-electron chi connectivity index (χ0n) is 40.6. The Balaban J connectivity index is 1.42. The molecule has 0 saturated carbocycles. The van der Waals surface area contributed by atoms with Crippen LogP contribution in [-0.4, -0.2) is 178 Å². The predicted molar refractivity (Wildman–Crippen MR) is 260 cm³/mol. The molecule has 0 aliphatic carbocycles. The molecule has 33 nitrogen and oxygen atoms in total. The summed E-state index contributed by atoms with van der Waals surface area (Å²) in [6.45, 7) is 0.721. The molecule has 1 aliphatic heterocycles. The number of amides is 6. The van der Waals surface area contributed by atoms with Crippen molar-refractivity contribution in [1.29, 1.82) is 0 Å². The highest BCUT2D eigenvalue weighted by molar-refractivity contribution is 5.97. The number of hydrogen-bond donors (Lipinski definition) is 18. The number of carbonyl (C=O) groups is 13. The number of H-pyrrole nitrogens is 1. The normalized spacial score (nSPS) is 14.7. The summed E-state index contributed by atoms with van der Waals surface area (Å²) >= 11 is 0. The van der Waals surface area contributed by atoms with E-state index in [1.54, 1.807) is 12.1 Å². The van der Waals surface area contributed by atoms with Crippen LogP contribution in [0.3, 0.4) is 0 Å². The van der Waals surface area contributed by atoms with Crippen LogP contribution in [-0.2, 0) is 57.5 Å². The van der Waals surface area contributed by atoms with E-state index in [9.17, 15) is 97.8 Å². The zero-order valence-corrected chi connectivity index (χ0v) is 40.6. The third-order valence-corrected chi connectivity index (χ3v) is 11.2. The molecule has 1 aliphatic rings. The third kappa shape index (κ3) is 21.8. The minimum Gasteiger partial charge on any atom is -0.481 e. The lowest BCUT2D eigenvalue weighted by Crippen LogP contribution is -2.46. The standard InChI is InChI=1S/C44H58N12O21/c45-44-55-35-34(37(65)56-44)48-21(18-47-35)17-46-20-3-1-19(2-4-20)36(64)54-27(43(76)77)9-15-32(61)52-25(41(72)73)7-13-30(59)50-23(39(68)69)5-11-28(57)49-22(38(66)67)6-12-29(58)51-24(40(70)71)8-14-31(60)53-26(42(74)75)10-16-33(62)63/h1-4,21-27,46,48H,5-18H2,(H,49,57)(H,50,59)(H,51,58)(H,52,61)(H,53,60)(H,54,64)(H,62,63)(H,66,67)(H,68,69)(H,70,71)(H,72,73)(H,74,75)(H,76,77)(H4,45,47,55,56,65)/t21?,22-,23-,24-,25-,26-,27-/m0/s1. The maximum absolute atomic E-state index is 12.9. The maximum atomic E-state index is 12.9. The lowest BCUT2D eigenvalue weighted by molar-refractivity contribution is -0.144. The molecule has 33 heteroatoms. The summed E-state index contributed by atoms with van der Waals surface area (Å²) in [5.74, 6) is -16.6. The summed E-state index contributed by atoms with van der Waals surface area (Å²) in [5.41, 5.74) is 5.95. The fraction of sp³-hybridized carbons (Fsp3) is 0.477. The van der Waals surface area contributed by atoms with Crippen LogP contribution in [0, 0.1) is 0 Å². The van der Waals surface area contributed by atoms with Gasteiger partial charge in [0.1, 0.15) is 41.9 Å². The molecule has 7 atom stereocenters. The van der Waals surface area contributed by atoms with Gasteiger partial charge in [-0.2, -0.15) is 4.98 Å². The first kappa shape index (κ1) is 61.7. The first-order valence-corrected chi connectivity index (χ1v) is 23.3. The van der Waals surface area contributed by atoms with Crippen LogP contribution in [0.25, 0.3) is 0 Å². The molecule has 6 amide bonds. The second-order valence-corrected chi connectivity index (χ2v) is 17.1. The SMILES string of the molecule is Nc1nc2c(c(=O)[nH]1)NC(CNc1ccc(C(=O)N[C@@H](CCC(=O)N[C@@H](CCC(=O)N[C@@H](CCC(=O)N[C@@H](CCC(=O)N[C@@H](CCC(=O)N[C@@H](CCC(=O)O)C(=O)O)C(=O)O)C(=O)O)C(=O)O)C(=O)O)C(=O)O)cc1)CN2. The number of aromatic nitrogens is 2. The van der Waals surface area contributed by atoms with Gasteiger partial charge in [0.2, 0.25) is 35.5 Å². The van der Waals surface area contributed by atoms with Crippen LogP contribution in [0.4, 0.5) is 23.1 Å². The number of benzene rings is 1. The van der Waals surface area contributed by atoms with Gasteiger partial charge in [0.25, 0.3) is 11.5 Å². The summed E-state index contributed by atoms with van der Waals surface area (Å²) in [6, 6.07) is -4.56. The van der Waals surface area contributed by atoms with Crippen molar-refractivity contribution in [2.75, 3.05) is 34.8 Å². The van der Waals surface area contributed by atoms with Crippen molar-refractivity contribution < 1.29 is 98.1 Å². The number of nitrogens with two attached hydrogens (primary N) is 1. The molecular weight excluding hydrogens is 1030 g/mol. The van der Waals surface area contributed by atoms with Crippen LogP contribution >= 0.6 is 0 Å². The number of nitrogens with one attached hydrogen (secondary N) is 10. The number of carboxylic acid groups (broad SMARTS) is 7. The number of hydrogen-bond acceptors (Lipinski definition) is 19. The Morgan fingerprint density at radius 2 is 0.857 bits per heavy atom. The molecular formula is C44H58N12O21. The molecule has 77 heavy (non-hydrogen) atoms. The van der Waals surface area contributed by atoms with E-state index in [2.05, 4.69) is 52.5 Å². The van der Waals surface area contributed by atoms with Gasteiger partial charge < -0.3 is 89.3 Å². The molecule has 0 saturated heterocycles. The van der Waals surface area contributed by atoms with Gasteiger partial charge in [0.05, 0.1) is 6.04 Å². The summed E-state index contributed by atoms with van der Waals surface area (Å²) < 4.78 is 0. The van der Waals surface area contributed by atoms with Crippen molar-refractivity contribution in [2.45, 2.75) is 119 Å². The number of nitrogens with zero attached hydrogens (tertiary/aromatic N) is 1. The van der Waals surface area contributed by atoms with Crippen LogP contribution in [0.15, 0.2) is 29.1 Å². The van der Waals surface area contributed by atoms with Gasteiger partial charge in [0.15, 0.2) is 5.82 Å². The lowest BCUT2D eigenvalue weighted by atomic mass is 10.1. The number of anilines is 4. The van der Waals surface area contributed by atoms with Crippen molar-refractivity contribution in [3.8, 4) is 0 Å². The fourth-order valence-electron chi connectivity index (χ4n) is 7.09. The molecule has 1 aromatic heterocycles. The molecule has 1 unspecified atom stereocenters. The molecule has 0 spiro atoms. The van der Waals surface area contributed by atoms with Crippen LogP contribution < -0.4 is 59.1 Å². The average Bonchev–Trinajstić information content (AvgIpc) is 3.35. The van der Waals surface area contributed by atoms with Crippen LogP contribution in [0.5, 0.6) is 0 Å². The zero-order chi connectivity index (χ0) is 57.5. The summed E-state index contributed by atoms with van der Waals surface area (Å²) in [5, 5.41) is 87.9. The minimum absolute atomic E-state index is 0.0457. The molecule has 3 rings (SSSR count). The van der Waals surface area contributed by atoms with Gasteiger partial charge in [-0.05, 0) is 62.8 Å². The van der Waals surface area contributed by atoms with E-state index in [1.807, 2.05) is 5.32 Å². The maximum Gasteiger partial charge on any atom is 0.326 e. The van der Waals surface area contributed by atoms with E-state index < -0.39 is 196 Å². The smallest absolute Gasteiger partial charge is 0.326 e. The number of fused-ring (bicyclic) bond motifs is 1. The van der Waals surface area contributed by atoms with Gasteiger partial charge in [-0.15, -0.1) is 0 Å². The number of rotatable bonds is 34. The highest BCUT2D eigenvalue weighted by atomic mass is 16.4. The van der Waals surface area contributed by atoms with Crippen molar-refractivity contribution in [3.05, 3.63) is 40.2 Å². The second kappa shape index (κ2) is 29.9. The van der Waals surface area contributed by atoms with E-state index in [0.29, 0.717) is 24.6 Å². The molecule has 1 aromatic carbocycles. The van der Waals surface area contributed by atoms with Crippen molar-refractivity contribution in [2.24, 2.45) is 0 Å². The minimum atomic E-state index is -1.78. The number of carboxylic acids is 7. The molecule has 0 fully saturated rings. The highest BCUT2D eigenvalue weighted by Gasteiger charge is 2.30. The summed E-state index contributed by atoms with van der Waals surface area (Å²) in [7, 11) is 0. The van der Waals surface area contributed by atoms with Gasteiger partial charge in [-0.1, -0.05) is 0 Å². The Morgan fingerprint density at radius 1 is 0.519 bits per heavy atom. The first-order valence-electron chi connectivity index (χ1n) is 23.3. The number of aromatic amines is 1. The Kier molecular flexibility index (Phi) is 24.0. The molecule has 420 valence electrons. The topological polar surface area (TPSA) is 544 Å². The average molecular weight is 1090 g/mol. The monoisotopic (exact) mass is 1090 g/mol. The summed E-state index contributed by atoms with van der Waals surface area (Å²) in [6.07, 6.45) is -7.28. The van der Waals surface area contributed by atoms with Gasteiger partial charge >= 0.3 is 41.8 Å². The number of nitrogen functional groups attached to an aromatic ring is 1. The molecule has 2 aromatic rings. The Hall–Kier alpha value is -9.59. The largest absolute Gasteiger partial charge is 0.481 e. The molecule has 0 radical (unpaired) electrons. The van der Waals surface area contributed by atoms with E-state index in [0.717, 1.165) is 0 Å². The fourth-order valence-corrected chi connectivity index (χ4v) is 7.09. The molecule has 2 heterocycles. The van der Waals surface area contributed by atoms with Crippen molar-refractivity contribution in [3.63, 3.8) is 0 Å². The van der Waals surface area contributed by atoms with Crippen molar-refractivity contribution >= 4 is 100 Å². The molecule has 19 N–H and O–H groups in total. The lowest BCUT2D eigenvalue weighted by Gasteiger charge is -2.27. The van der Waals surface area contributed by atoms with Crippen LogP contribution in [0.2, 0.25) is 0 Å². The van der Waals surface area contributed by atoms with Gasteiger partial charge in [0, 0.05) is 62.9 Å². The Morgan fingerprint density at radius 3 is 1.19 bits per heavy atom. The van der Waals surface area contributed by atoms with Gasteiger partial charge in [-0.3, -0.25) is 43.3 Å². The van der Waals surface area contributed by atoms with Crippen molar-refractivity contribution in [1.82, 2.24) is 41.9 Å². The predicted octanol–water partition coefficient (Wildman–Crippen LogP) is -3.53. The van der Waals surface area contributed by atoms with Crippen LogP contribution in [0.1, 0.15) is 87.4 Å². The quantitative estimate of drug-likeness (QED) is 0.0323. The van der Waals surface area contributed by atoms with E-state index in [1.165, 1.54) is 12.1 Å². The van der Waals surface area contributed by atoms with Gasteiger partial charge in [-0.25, -0.2) is 28.8 Å².